The van der Waals surface area contributed by atoms with Crippen LogP contribution in [-0.2, 0) is 16.0 Å². The van der Waals surface area contributed by atoms with Gasteiger partial charge in [0.25, 0.3) is 5.56 Å². The highest BCUT2D eigenvalue weighted by Gasteiger charge is 2.29. The second-order valence-corrected chi connectivity index (χ2v) is 12.9. The van der Waals surface area contributed by atoms with E-state index in [1.807, 2.05) is 55.6 Å². The molecule has 3 rings (SSSR count). The molecule has 2 N–H and O–H groups in total. The molecule has 1 unspecified atom stereocenters. The van der Waals surface area contributed by atoms with Crippen molar-refractivity contribution in [1.82, 2.24) is 14.8 Å². The van der Waals surface area contributed by atoms with E-state index in [-0.39, 0.29) is 17.0 Å². The molecule has 1 heterocycles. The van der Waals surface area contributed by atoms with Crippen molar-refractivity contribution in [2.45, 2.75) is 86.2 Å². The van der Waals surface area contributed by atoms with Crippen molar-refractivity contribution in [3.63, 3.8) is 0 Å². The van der Waals surface area contributed by atoms with E-state index >= 15 is 4.39 Å². The Kier molecular flexibility index (Phi) is 11.7. The number of rotatable bonds is 13. The molecule has 0 spiro atoms. The van der Waals surface area contributed by atoms with Gasteiger partial charge < -0.3 is 19.9 Å². The minimum absolute atomic E-state index is 0.112. The molecule has 0 aliphatic carbocycles. The van der Waals surface area contributed by atoms with E-state index in [2.05, 4.69) is 22.3 Å². The van der Waals surface area contributed by atoms with Crippen LogP contribution in [0.5, 0.6) is 0 Å². The average molecular weight is 606 g/mol. The Morgan fingerprint density at radius 1 is 0.932 bits per heavy atom. The number of aromatic nitrogens is 1. The van der Waals surface area contributed by atoms with Gasteiger partial charge in [-0.1, -0.05) is 31.5 Å². The van der Waals surface area contributed by atoms with Gasteiger partial charge in [-0.15, -0.1) is 0 Å². The van der Waals surface area contributed by atoms with Crippen LogP contribution < -0.4 is 10.9 Å². The molecule has 7 nitrogen and oxygen atoms in total. The monoisotopic (exact) mass is 605 g/mol. The Morgan fingerprint density at radius 3 is 2.14 bits per heavy atom. The van der Waals surface area contributed by atoms with Gasteiger partial charge in [0, 0.05) is 24.4 Å². The van der Waals surface area contributed by atoms with E-state index in [1.165, 1.54) is 4.57 Å². The van der Waals surface area contributed by atoms with Gasteiger partial charge in [-0.25, -0.2) is 4.39 Å². The highest BCUT2D eigenvalue weighted by molar-refractivity contribution is 5.82. The lowest BCUT2D eigenvalue weighted by Crippen LogP contribution is -2.40. The van der Waals surface area contributed by atoms with E-state index in [0.717, 1.165) is 45.5 Å². The molecule has 2 atom stereocenters. The van der Waals surface area contributed by atoms with Crippen LogP contribution in [0.3, 0.4) is 0 Å². The lowest BCUT2D eigenvalue weighted by atomic mass is 9.89. The molecule has 1 aromatic heterocycles. The third kappa shape index (κ3) is 8.65. The minimum atomic E-state index is -1.17. The summed E-state index contributed by atoms with van der Waals surface area (Å²) in [4.78, 5) is 41.4. The van der Waals surface area contributed by atoms with Crippen molar-refractivity contribution < 1.29 is 19.1 Å². The molecule has 0 fully saturated rings. The molecule has 238 valence electrons. The molecule has 3 aromatic rings. The second kappa shape index (κ2) is 14.8. The average Bonchev–Trinajstić information content (AvgIpc) is 2.89. The van der Waals surface area contributed by atoms with Gasteiger partial charge in [-0.05, 0) is 125 Å². The van der Waals surface area contributed by atoms with Crippen molar-refractivity contribution in [3.8, 4) is 11.1 Å². The zero-order valence-corrected chi connectivity index (χ0v) is 27.7. The van der Waals surface area contributed by atoms with Crippen molar-refractivity contribution >= 4 is 11.9 Å². The summed E-state index contributed by atoms with van der Waals surface area (Å²) in [5.41, 5.74) is 6.86. The Bertz CT molecular complexity index is 1550. The van der Waals surface area contributed by atoms with Gasteiger partial charge in [0.2, 0.25) is 5.91 Å². The van der Waals surface area contributed by atoms with Crippen molar-refractivity contribution in [1.29, 1.82) is 0 Å². The number of aryl methyl sites for hydroxylation is 5. The first kappa shape index (κ1) is 34.7. The summed E-state index contributed by atoms with van der Waals surface area (Å²) in [6, 6.07) is 7.06. The molecule has 44 heavy (non-hydrogen) atoms. The topological polar surface area (TPSA) is 91.6 Å². The standard InChI is InChI=1S/C36H48FN3O4/c1-21(2)10-11-31(40-20-27(12-13-39(8)9)23(4)17-32(40)41)36(44)38-30(19-33(42)43)29-18-28(16-26(7)35(29)37)34-24(5)14-22(3)15-25(34)6/h14-18,20-21,30-31H,10-13,19H2,1-9H3,(H,38,44)(H,42,43)/t30-,31?/m0/s1. The summed E-state index contributed by atoms with van der Waals surface area (Å²) < 4.78 is 17.3. The highest BCUT2D eigenvalue weighted by Crippen LogP contribution is 2.34. The number of carboxylic acids is 1. The maximum absolute atomic E-state index is 15.8. The number of benzene rings is 2. The summed E-state index contributed by atoms with van der Waals surface area (Å²) in [6.45, 7) is 14.4. The summed E-state index contributed by atoms with van der Waals surface area (Å²) in [6.07, 6.45) is 3.00. The summed E-state index contributed by atoms with van der Waals surface area (Å²) in [7, 11) is 3.95. The van der Waals surface area contributed by atoms with Crippen LogP contribution >= 0.6 is 0 Å². The van der Waals surface area contributed by atoms with Crippen molar-refractivity contribution in [2.24, 2.45) is 5.92 Å². The second-order valence-electron chi connectivity index (χ2n) is 12.9. The lowest BCUT2D eigenvalue weighted by molar-refractivity contribution is -0.138. The van der Waals surface area contributed by atoms with Crippen LogP contribution in [0, 0.1) is 46.4 Å². The number of carbonyl (C=O) groups is 2. The number of halogens is 1. The highest BCUT2D eigenvalue weighted by atomic mass is 19.1. The molecular formula is C36H48FN3O4. The van der Waals surface area contributed by atoms with E-state index < -0.39 is 36.2 Å². The van der Waals surface area contributed by atoms with E-state index in [9.17, 15) is 19.5 Å². The maximum atomic E-state index is 15.8. The quantitative estimate of drug-likeness (QED) is 0.229. The number of hydrogen-bond acceptors (Lipinski definition) is 4. The van der Waals surface area contributed by atoms with E-state index in [1.54, 1.807) is 31.3 Å². The molecule has 0 radical (unpaired) electrons. The Labute approximate surface area is 261 Å². The minimum Gasteiger partial charge on any atom is -0.481 e. The van der Waals surface area contributed by atoms with Crippen LogP contribution in [0.1, 0.15) is 84.1 Å². The van der Waals surface area contributed by atoms with Gasteiger partial charge in [0.15, 0.2) is 0 Å². The lowest BCUT2D eigenvalue weighted by Gasteiger charge is -2.26. The van der Waals surface area contributed by atoms with Gasteiger partial charge in [0.1, 0.15) is 11.9 Å². The van der Waals surface area contributed by atoms with E-state index in [4.69, 9.17) is 0 Å². The summed E-state index contributed by atoms with van der Waals surface area (Å²) in [5.74, 6) is -1.96. The molecule has 0 saturated heterocycles. The molecule has 1 amide bonds. The molecule has 8 heteroatoms. The predicted molar refractivity (Wildman–Crippen MR) is 175 cm³/mol. The van der Waals surface area contributed by atoms with Crippen LogP contribution in [0.25, 0.3) is 11.1 Å². The number of aliphatic carboxylic acids is 1. The third-order valence-electron chi connectivity index (χ3n) is 8.20. The maximum Gasteiger partial charge on any atom is 0.305 e. The fourth-order valence-corrected chi connectivity index (χ4v) is 5.93. The largest absolute Gasteiger partial charge is 0.481 e. The van der Waals surface area contributed by atoms with Gasteiger partial charge >= 0.3 is 5.97 Å². The molecule has 0 aliphatic heterocycles. The third-order valence-corrected chi connectivity index (χ3v) is 8.20. The number of pyridine rings is 1. The van der Waals surface area contributed by atoms with Crippen molar-refractivity contribution in [3.05, 3.63) is 91.6 Å². The van der Waals surface area contributed by atoms with E-state index in [0.29, 0.717) is 24.8 Å². The first-order chi connectivity index (χ1) is 20.6. The van der Waals surface area contributed by atoms with Crippen molar-refractivity contribution in [2.75, 3.05) is 20.6 Å². The molecule has 0 bridgehead atoms. The van der Waals surface area contributed by atoms with Gasteiger partial charge in [0.05, 0.1) is 12.5 Å². The SMILES string of the molecule is Cc1cc(C)c(-c2cc(C)c(F)c([C@H](CC(=O)O)NC(=O)C(CCC(C)C)n3cc(CCN(C)C)c(C)cc3=O)c2)c(C)c1. The number of nitrogens with zero attached hydrogens (tertiary/aromatic N) is 2. The first-order valence-electron chi connectivity index (χ1n) is 15.4. The zero-order valence-electron chi connectivity index (χ0n) is 27.7. The van der Waals surface area contributed by atoms with Gasteiger partial charge in [-0.3, -0.25) is 14.4 Å². The number of likely N-dealkylation sites (N-methyl/N-ethyl adjacent to an activating group) is 1. The fourth-order valence-electron chi connectivity index (χ4n) is 5.93. The number of nitrogens with one attached hydrogen (secondary N) is 1. The van der Waals surface area contributed by atoms with Gasteiger partial charge in [-0.2, -0.15) is 0 Å². The Hall–Kier alpha value is -3.78. The molecule has 0 aliphatic rings. The summed E-state index contributed by atoms with van der Waals surface area (Å²) in [5, 5.41) is 12.7. The zero-order chi connectivity index (χ0) is 32.9. The molecule has 0 saturated carbocycles. The number of amides is 1. The molecular weight excluding hydrogens is 557 g/mol. The normalized spacial score (nSPS) is 12.9. The van der Waals surface area contributed by atoms with Crippen LogP contribution in [0.15, 0.2) is 41.3 Å². The van der Waals surface area contributed by atoms with Crippen LogP contribution in [0.2, 0.25) is 0 Å². The van der Waals surface area contributed by atoms with Crippen LogP contribution in [0.4, 0.5) is 4.39 Å². The number of carboxylic acid groups (broad SMARTS) is 1. The predicted octanol–water partition coefficient (Wildman–Crippen LogP) is 6.61. The Morgan fingerprint density at radius 2 is 1.57 bits per heavy atom. The number of carbonyl (C=O) groups excluding carboxylic acids is 1. The number of hydrogen-bond donors (Lipinski definition) is 2. The smallest absolute Gasteiger partial charge is 0.305 e. The fraction of sp³-hybridized carbons (Fsp3) is 0.472. The van der Waals surface area contributed by atoms with Crippen LogP contribution in [-0.4, -0.2) is 47.1 Å². The molecule has 2 aromatic carbocycles. The summed E-state index contributed by atoms with van der Waals surface area (Å²) >= 11 is 0. The first-order valence-corrected chi connectivity index (χ1v) is 15.4. The Balaban J connectivity index is 2.10.